The van der Waals surface area contributed by atoms with E-state index >= 15 is 0 Å². The van der Waals surface area contributed by atoms with Gasteiger partial charge in [0, 0.05) is 32.7 Å². The average molecular weight is 318 g/mol. The molecule has 0 spiro atoms. The Morgan fingerprint density at radius 1 is 1.35 bits per heavy atom. The molecule has 0 saturated carbocycles. The number of hydrogen-bond acceptors (Lipinski definition) is 3. The zero-order chi connectivity index (χ0) is 14.4. The summed E-state index contributed by atoms with van der Waals surface area (Å²) in [5.74, 6) is 0.456. The maximum Gasteiger partial charge on any atom is 0.0865 e. The molecule has 2 atom stereocenters. The highest BCUT2D eigenvalue weighted by Gasteiger charge is 2.27. The van der Waals surface area contributed by atoms with Gasteiger partial charge in [0.05, 0.1) is 22.8 Å². The molecule has 0 aromatic heterocycles. The molecule has 5 heteroatoms. The minimum absolute atomic E-state index is 0.0913. The van der Waals surface area contributed by atoms with Crippen LogP contribution in [0.2, 0.25) is 10.0 Å². The number of rotatable bonds is 6. The van der Waals surface area contributed by atoms with Gasteiger partial charge in [-0.05, 0) is 30.5 Å². The van der Waals surface area contributed by atoms with E-state index < -0.39 is 0 Å². The molecule has 1 fully saturated rings. The molecule has 0 amide bonds. The number of nitrogens with one attached hydrogen (secondary N) is 1. The summed E-state index contributed by atoms with van der Waals surface area (Å²) in [6.45, 7) is 3.32. The molecule has 1 aromatic rings. The van der Waals surface area contributed by atoms with Crippen molar-refractivity contribution < 1.29 is 9.47 Å². The van der Waals surface area contributed by atoms with Crippen LogP contribution in [-0.2, 0) is 9.47 Å². The third-order valence-corrected chi connectivity index (χ3v) is 4.35. The molecule has 1 aliphatic heterocycles. The first-order valence-electron chi connectivity index (χ1n) is 6.98. The van der Waals surface area contributed by atoms with E-state index in [0.29, 0.717) is 16.0 Å². The number of ether oxygens (including phenoxy) is 2. The molecule has 1 N–H and O–H groups in total. The van der Waals surface area contributed by atoms with Crippen LogP contribution in [0.25, 0.3) is 0 Å². The first kappa shape index (κ1) is 16.1. The third kappa shape index (κ3) is 4.34. The Bertz CT molecular complexity index is 428. The van der Waals surface area contributed by atoms with E-state index in [-0.39, 0.29) is 6.10 Å². The molecule has 3 nitrogen and oxygen atoms in total. The Hall–Kier alpha value is -0.320. The summed E-state index contributed by atoms with van der Waals surface area (Å²) in [6.07, 6.45) is 2.35. The predicted octanol–water partition coefficient (Wildman–Crippen LogP) is 3.70. The molecule has 1 heterocycles. The Labute approximate surface area is 130 Å². The fourth-order valence-corrected chi connectivity index (χ4v) is 2.88. The van der Waals surface area contributed by atoms with Crippen LogP contribution in [-0.4, -0.2) is 33.4 Å². The van der Waals surface area contributed by atoms with E-state index in [1.165, 1.54) is 0 Å². The monoisotopic (exact) mass is 317 g/mol. The summed E-state index contributed by atoms with van der Waals surface area (Å²) in [5, 5.41) is 4.59. The van der Waals surface area contributed by atoms with Gasteiger partial charge in [-0.3, -0.25) is 0 Å². The van der Waals surface area contributed by atoms with Crippen LogP contribution in [0.3, 0.4) is 0 Å². The maximum atomic E-state index is 6.11. The van der Waals surface area contributed by atoms with Crippen LogP contribution in [0, 0.1) is 5.92 Å². The van der Waals surface area contributed by atoms with Crippen LogP contribution in [0.5, 0.6) is 0 Å². The predicted molar refractivity (Wildman–Crippen MR) is 82.6 cm³/mol. The van der Waals surface area contributed by atoms with Gasteiger partial charge in [-0.15, -0.1) is 0 Å². The molecule has 1 saturated heterocycles. The highest BCUT2D eigenvalue weighted by atomic mass is 35.5. The molecule has 2 unspecified atom stereocenters. The Kier molecular flexibility index (Phi) is 6.59. The fraction of sp³-hybridized carbons (Fsp3) is 0.600. The smallest absolute Gasteiger partial charge is 0.0865 e. The summed E-state index contributed by atoms with van der Waals surface area (Å²) in [6, 6.07) is 5.76. The first-order valence-corrected chi connectivity index (χ1v) is 7.74. The lowest BCUT2D eigenvalue weighted by Gasteiger charge is -2.32. The lowest BCUT2D eigenvalue weighted by atomic mass is 9.89. The van der Waals surface area contributed by atoms with Gasteiger partial charge >= 0.3 is 0 Å². The average Bonchev–Trinajstić information content (AvgIpc) is 2.47. The van der Waals surface area contributed by atoms with Crippen molar-refractivity contribution in [2.75, 3.05) is 33.4 Å². The van der Waals surface area contributed by atoms with Crippen molar-refractivity contribution >= 4 is 23.2 Å². The van der Waals surface area contributed by atoms with Crippen molar-refractivity contribution in [2.45, 2.75) is 18.9 Å². The lowest BCUT2D eigenvalue weighted by Crippen LogP contribution is -2.33. The van der Waals surface area contributed by atoms with Crippen LogP contribution in [0.15, 0.2) is 18.2 Å². The Morgan fingerprint density at radius 2 is 2.20 bits per heavy atom. The van der Waals surface area contributed by atoms with Crippen LogP contribution < -0.4 is 5.32 Å². The number of hydrogen-bond donors (Lipinski definition) is 1. The van der Waals surface area contributed by atoms with Gasteiger partial charge in [-0.25, -0.2) is 0 Å². The second-order valence-electron chi connectivity index (χ2n) is 5.06. The van der Waals surface area contributed by atoms with Gasteiger partial charge < -0.3 is 14.8 Å². The number of benzene rings is 1. The highest BCUT2D eigenvalue weighted by molar-refractivity contribution is 6.42. The van der Waals surface area contributed by atoms with Gasteiger partial charge in [0.15, 0.2) is 0 Å². The van der Waals surface area contributed by atoms with Crippen molar-refractivity contribution in [3.05, 3.63) is 33.8 Å². The number of halogens is 2. The van der Waals surface area contributed by atoms with Crippen molar-refractivity contribution in [1.29, 1.82) is 0 Å². The minimum Gasteiger partial charge on any atom is -0.383 e. The summed E-state index contributed by atoms with van der Waals surface area (Å²) in [5.41, 5.74) is 1.11. The maximum absolute atomic E-state index is 6.11. The molecule has 0 aliphatic carbocycles. The molecule has 2 rings (SSSR count). The van der Waals surface area contributed by atoms with Crippen LogP contribution in [0.1, 0.15) is 24.5 Å². The fourth-order valence-electron chi connectivity index (χ4n) is 2.57. The zero-order valence-corrected chi connectivity index (χ0v) is 13.2. The first-order chi connectivity index (χ1) is 9.72. The molecule has 112 valence electrons. The zero-order valence-electron chi connectivity index (χ0n) is 11.7. The number of methoxy groups -OCH3 is 1. The molecular formula is C15H21Cl2NO2. The molecular weight excluding hydrogens is 297 g/mol. The molecule has 0 radical (unpaired) electrons. The Morgan fingerprint density at radius 3 is 2.95 bits per heavy atom. The van der Waals surface area contributed by atoms with E-state index in [2.05, 4.69) is 5.32 Å². The molecule has 1 aromatic carbocycles. The summed E-state index contributed by atoms with van der Waals surface area (Å²) in [4.78, 5) is 0. The normalized spacial score (nSPS) is 22.9. The third-order valence-electron chi connectivity index (χ3n) is 3.61. The Balaban J connectivity index is 2.00. The largest absolute Gasteiger partial charge is 0.383 e. The van der Waals surface area contributed by atoms with Gasteiger partial charge in [-0.2, -0.15) is 0 Å². The summed E-state index contributed by atoms with van der Waals surface area (Å²) < 4.78 is 11.0. The van der Waals surface area contributed by atoms with E-state index in [4.69, 9.17) is 32.7 Å². The molecule has 1 aliphatic rings. The van der Waals surface area contributed by atoms with Gasteiger partial charge in [0.25, 0.3) is 0 Å². The SMILES string of the molecule is COCCNCC1CCCOC1c1ccc(Cl)c(Cl)c1. The topological polar surface area (TPSA) is 30.5 Å². The van der Waals surface area contributed by atoms with E-state index in [9.17, 15) is 0 Å². The quantitative estimate of drug-likeness (QED) is 0.811. The van der Waals surface area contributed by atoms with Crippen molar-refractivity contribution in [1.82, 2.24) is 5.32 Å². The van der Waals surface area contributed by atoms with Crippen LogP contribution in [0.4, 0.5) is 0 Å². The van der Waals surface area contributed by atoms with Gasteiger partial charge in [0.2, 0.25) is 0 Å². The highest BCUT2D eigenvalue weighted by Crippen LogP contribution is 2.35. The minimum atomic E-state index is 0.0913. The lowest BCUT2D eigenvalue weighted by molar-refractivity contribution is -0.0280. The standard InChI is InChI=1S/C15H21Cl2NO2/c1-19-8-6-18-10-12-3-2-7-20-15(12)11-4-5-13(16)14(17)9-11/h4-5,9,12,15,18H,2-3,6-8,10H2,1H3. The van der Waals surface area contributed by atoms with Crippen molar-refractivity contribution in [2.24, 2.45) is 5.92 Å². The second-order valence-corrected chi connectivity index (χ2v) is 5.88. The van der Waals surface area contributed by atoms with Crippen molar-refractivity contribution in [3.63, 3.8) is 0 Å². The molecule has 20 heavy (non-hydrogen) atoms. The summed E-state index contributed by atoms with van der Waals surface area (Å²) in [7, 11) is 1.71. The van der Waals surface area contributed by atoms with Gasteiger partial charge in [-0.1, -0.05) is 29.3 Å². The van der Waals surface area contributed by atoms with Crippen LogP contribution >= 0.6 is 23.2 Å². The summed E-state index contributed by atoms with van der Waals surface area (Å²) >= 11 is 12.1. The molecule has 0 bridgehead atoms. The van der Waals surface area contributed by atoms with Gasteiger partial charge in [0.1, 0.15) is 0 Å². The van der Waals surface area contributed by atoms with E-state index in [1.54, 1.807) is 7.11 Å². The van der Waals surface area contributed by atoms with Crippen molar-refractivity contribution in [3.8, 4) is 0 Å². The van der Waals surface area contributed by atoms with E-state index in [0.717, 1.165) is 44.7 Å². The van der Waals surface area contributed by atoms with E-state index in [1.807, 2.05) is 18.2 Å². The second kappa shape index (κ2) is 8.20.